The van der Waals surface area contributed by atoms with Crippen LogP contribution in [0.3, 0.4) is 0 Å². The highest BCUT2D eigenvalue weighted by molar-refractivity contribution is 6.05. The summed E-state index contributed by atoms with van der Waals surface area (Å²) in [5.41, 5.74) is 5.32. The molecule has 1 N–H and O–H groups in total. The van der Waals surface area contributed by atoms with Crippen LogP contribution in [-0.2, 0) is 23.2 Å². The number of imidazole rings is 1. The van der Waals surface area contributed by atoms with E-state index in [1.165, 1.54) is 11.8 Å². The average molecular weight is 442 g/mol. The normalized spacial score (nSPS) is 17.8. The zero-order chi connectivity index (χ0) is 23.3. The first kappa shape index (κ1) is 20.8. The van der Waals surface area contributed by atoms with Gasteiger partial charge >= 0.3 is 0 Å². The van der Waals surface area contributed by atoms with Gasteiger partial charge in [-0.25, -0.2) is 4.98 Å². The maximum atomic E-state index is 13.0. The van der Waals surface area contributed by atoms with Crippen LogP contribution in [0.5, 0.6) is 0 Å². The second-order valence-electron chi connectivity index (χ2n) is 8.46. The van der Waals surface area contributed by atoms with Crippen molar-refractivity contribution in [3.63, 3.8) is 0 Å². The molecule has 1 saturated heterocycles. The third-order valence-corrected chi connectivity index (χ3v) is 6.28. The summed E-state index contributed by atoms with van der Waals surface area (Å²) in [4.78, 5) is 54.7. The Morgan fingerprint density at radius 2 is 1.91 bits per heavy atom. The number of benzene rings is 2. The summed E-state index contributed by atoms with van der Waals surface area (Å²) in [5.74, 6) is -0.948. The van der Waals surface area contributed by atoms with Gasteiger partial charge in [0.25, 0.3) is 5.91 Å². The molecule has 0 saturated carbocycles. The molecule has 3 aromatic rings. The number of fused-ring (bicyclic) bond motifs is 1. The molecule has 0 spiro atoms. The Labute approximate surface area is 190 Å². The van der Waals surface area contributed by atoms with E-state index < -0.39 is 11.9 Å². The van der Waals surface area contributed by atoms with Crippen molar-refractivity contribution in [2.45, 2.75) is 32.4 Å². The summed E-state index contributed by atoms with van der Waals surface area (Å²) in [6, 6.07) is 12.3. The highest BCUT2D eigenvalue weighted by Gasteiger charge is 2.39. The van der Waals surface area contributed by atoms with E-state index in [2.05, 4.69) is 10.3 Å². The van der Waals surface area contributed by atoms with Crippen LogP contribution in [0.15, 0.2) is 48.8 Å². The molecule has 2 aliphatic heterocycles. The summed E-state index contributed by atoms with van der Waals surface area (Å²) >= 11 is 0. The van der Waals surface area contributed by atoms with Crippen molar-refractivity contribution >= 4 is 23.5 Å². The van der Waals surface area contributed by atoms with E-state index in [4.69, 9.17) is 0 Å². The Kier molecular flexibility index (Phi) is 4.92. The average Bonchev–Trinajstić information content (AvgIpc) is 3.33. The lowest BCUT2D eigenvalue weighted by Gasteiger charge is -2.29. The molecule has 1 unspecified atom stereocenters. The molecule has 0 radical (unpaired) electrons. The van der Waals surface area contributed by atoms with Gasteiger partial charge in [-0.15, -0.1) is 0 Å². The molecule has 1 atom stereocenters. The van der Waals surface area contributed by atoms with Crippen molar-refractivity contribution in [3.8, 4) is 22.5 Å². The minimum atomic E-state index is -0.647. The van der Waals surface area contributed by atoms with Crippen LogP contribution in [0.2, 0.25) is 0 Å². The number of hydrogen-bond acceptors (Lipinski definition) is 5. The first-order chi connectivity index (χ1) is 15.8. The topological polar surface area (TPSA) is 101 Å². The number of aryl methyl sites for hydroxylation is 1. The van der Waals surface area contributed by atoms with E-state index in [1.54, 1.807) is 18.5 Å². The van der Waals surface area contributed by atoms with Crippen molar-refractivity contribution < 1.29 is 19.2 Å². The molecule has 1 aromatic heterocycles. The minimum absolute atomic E-state index is 0.00912. The summed E-state index contributed by atoms with van der Waals surface area (Å²) in [7, 11) is 1.90. The second kappa shape index (κ2) is 7.81. The highest BCUT2D eigenvalue weighted by atomic mass is 16.2. The number of nitrogens with zero attached hydrogens (tertiary/aromatic N) is 3. The Balaban J connectivity index is 1.50. The molecular weight excluding hydrogens is 420 g/mol. The zero-order valence-electron chi connectivity index (χ0n) is 18.3. The van der Waals surface area contributed by atoms with Crippen molar-refractivity contribution in [2.24, 2.45) is 7.05 Å². The summed E-state index contributed by atoms with van der Waals surface area (Å²) in [5, 5.41) is 2.32. The number of Topliss-reactive ketones (excluding diaryl/α,β-unsaturated/α-hetero) is 1. The Bertz CT molecular complexity index is 1340. The van der Waals surface area contributed by atoms with Crippen molar-refractivity contribution in [1.82, 2.24) is 19.8 Å². The number of aromatic nitrogens is 2. The van der Waals surface area contributed by atoms with Crippen LogP contribution in [-0.4, -0.2) is 44.0 Å². The highest BCUT2D eigenvalue weighted by Crippen LogP contribution is 2.35. The molecule has 3 amide bonds. The van der Waals surface area contributed by atoms with Crippen LogP contribution in [0.25, 0.3) is 22.5 Å². The number of carbonyl (C=O) groups is 4. The van der Waals surface area contributed by atoms with E-state index in [0.29, 0.717) is 24.1 Å². The van der Waals surface area contributed by atoms with Crippen LogP contribution in [0.1, 0.15) is 46.0 Å². The first-order valence-electron chi connectivity index (χ1n) is 10.7. The van der Waals surface area contributed by atoms with E-state index in [9.17, 15) is 19.2 Å². The molecule has 8 heteroatoms. The number of ketones is 1. The molecule has 2 aliphatic rings. The quantitative estimate of drug-likeness (QED) is 0.495. The monoisotopic (exact) mass is 442 g/mol. The minimum Gasteiger partial charge on any atom is -0.333 e. The van der Waals surface area contributed by atoms with E-state index in [0.717, 1.165) is 28.1 Å². The molecule has 8 nitrogen and oxygen atoms in total. The van der Waals surface area contributed by atoms with Gasteiger partial charge in [0, 0.05) is 42.3 Å². The van der Waals surface area contributed by atoms with Gasteiger partial charge in [0.1, 0.15) is 6.04 Å². The number of nitrogens with one attached hydrogen (secondary N) is 1. The second-order valence-corrected chi connectivity index (χ2v) is 8.46. The first-order valence-corrected chi connectivity index (χ1v) is 10.7. The fourth-order valence-electron chi connectivity index (χ4n) is 4.59. The fourth-order valence-corrected chi connectivity index (χ4v) is 4.59. The standard InChI is InChI=1S/C25H22N4O4/c1-14(30)15-4-3-5-17(10-15)23-22(26-13-28(23)2)16-6-7-19-18(11-16)12-29(25(19)33)20-8-9-21(31)27-24(20)32/h3-7,10-11,13,20H,8-9,12H2,1-2H3,(H,27,31,32). The lowest BCUT2D eigenvalue weighted by molar-refractivity contribution is -0.136. The third-order valence-electron chi connectivity index (χ3n) is 6.28. The van der Waals surface area contributed by atoms with E-state index in [-0.39, 0.29) is 24.0 Å². The summed E-state index contributed by atoms with van der Waals surface area (Å²) in [6.07, 6.45) is 2.27. The van der Waals surface area contributed by atoms with Crippen LogP contribution >= 0.6 is 0 Å². The molecule has 3 heterocycles. The van der Waals surface area contributed by atoms with Crippen LogP contribution < -0.4 is 5.32 Å². The predicted octanol–water partition coefficient (Wildman–Crippen LogP) is 2.72. The Hall–Kier alpha value is -4.07. The molecule has 0 bridgehead atoms. The van der Waals surface area contributed by atoms with Gasteiger partial charge in [-0.2, -0.15) is 0 Å². The SMILES string of the molecule is CC(=O)c1cccc(-c2c(-c3ccc4c(c3)CN(C3CCC(=O)NC3=O)C4=O)ncn2C)c1. The lowest BCUT2D eigenvalue weighted by Crippen LogP contribution is -2.52. The molecular formula is C25H22N4O4. The zero-order valence-corrected chi connectivity index (χ0v) is 18.3. The predicted molar refractivity (Wildman–Crippen MR) is 120 cm³/mol. The molecule has 1 fully saturated rings. The smallest absolute Gasteiger partial charge is 0.255 e. The lowest BCUT2D eigenvalue weighted by atomic mass is 9.99. The van der Waals surface area contributed by atoms with Gasteiger partial charge < -0.3 is 9.47 Å². The number of piperidine rings is 1. The number of hydrogen-bond donors (Lipinski definition) is 1. The van der Waals surface area contributed by atoms with Gasteiger partial charge in [0.05, 0.1) is 17.7 Å². The number of imide groups is 1. The molecule has 166 valence electrons. The maximum Gasteiger partial charge on any atom is 0.255 e. The van der Waals surface area contributed by atoms with E-state index in [1.807, 2.05) is 41.9 Å². The molecule has 0 aliphatic carbocycles. The summed E-state index contributed by atoms with van der Waals surface area (Å²) in [6.45, 7) is 1.84. The van der Waals surface area contributed by atoms with Crippen LogP contribution in [0, 0.1) is 0 Å². The maximum absolute atomic E-state index is 13.0. The van der Waals surface area contributed by atoms with Gasteiger partial charge in [-0.3, -0.25) is 24.5 Å². The van der Waals surface area contributed by atoms with Gasteiger partial charge in [-0.1, -0.05) is 24.3 Å². The fraction of sp³-hybridized carbons (Fsp3) is 0.240. The summed E-state index contributed by atoms with van der Waals surface area (Å²) < 4.78 is 1.91. The Morgan fingerprint density at radius 1 is 1.09 bits per heavy atom. The Morgan fingerprint density at radius 3 is 2.67 bits per heavy atom. The number of amides is 3. The number of carbonyl (C=O) groups excluding carboxylic acids is 4. The van der Waals surface area contributed by atoms with Gasteiger partial charge in [0.2, 0.25) is 11.8 Å². The van der Waals surface area contributed by atoms with Crippen molar-refractivity contribution in [2.75, 3.05) is 0 Å². The van der Waals surface area contributed by atoms with Crippen molar-refractivity contribution in [3.05, 3.63) is 65.5 Å². The molecule has 2 aromatic carbocycles. The van der Waals surface area contributed by atoms with Gasteiger partial charge in [0.15, 0.2) is 5.78 Å². The molecule has 5 rings (SSSR count). The van der Waals surface area contributed by atoms with Gasteiger partial charge in [-0.05, 0) is 37.1 Å². The third kappa shape index (κ3) is 3.53. The largest absolute Gasteiger partial charge is 0.333 e. The van der Waals surface area contributed by atoms with Crippen LogP contribution in [0.4, 0.5) is 0 Å². The van der Waals surface area contributed by atoms with E-state index >= 15 is 0 Å². The molecule has 33 heavy (non-hydrogen) atoms. The number of rotatable bonds is 4. The van der Waals surface area contributed by atoms with Crippen molar-refractivity contribution in [1.29, 1.82) is 0 Å².